The van der Waals surface area contributed by atoms with E-state index in [9.17, 15) is 13.2 Å². The topological polar surface area (TPSA) is 95.9 Å². The van der Waals surface area contributed by atoms with E-state index in [4.69, 9.17) is 4.74 Å². The zero-order chi connectivity index (χ0) is 28.8. The van der Waals surface area contributed by atoms with Gasteiger partial charge in [-0.15, -0.1) is 10.2 Å². The van der Waals surface area contributed by atoms with Crippen LogP contribution in [0.25, 0.3) is 11.3 Å². The molecule has 1 aromatic heterocycles. The number of rotatable bonds is 9. The molecule has 1 fully saturated rings. The number of anilines is 1. The Morgan fingerprint density at radius 1 is 0.854 bits per heavy atom. The molecule has 212 valence electrons. The molecule has 5 rings (SSSR count). The standard InChI is InChI=1S/C31H33N5O4S/c1-24(25-9-5-3-6-10-25)36(41(38,39)28-15-13-27(40-2)14-16-28)23-31(37)35-21-19-34(20-22-35)30-18-17-29(32-33-30)26-11-7-4-8-12-26/h3-18,24H,19-23H2,1-2H3/t24-/m1/s1. The molecule has 0 saturated carbocycles. The lowest BCUT2D eigenvalue weighted by molar-refractivity contribution is -0.132. The van der Waals surface area contributed by atoms with Crippen molar-refractivity contribution in [2.75, 3.05) is 44.7 Å². The van der Waals surface area contributed by atoms with Gasteiger partial charge in [0.15, 0.2) is 5.82 Å². The van der Waals surface area contributed by atoms with Crippen molar-refractivity contribution >= 4 is 21.7 Å². The van der Waals surface area contributed by atoms with Crippen LogP contribution >= 0.6 is 0 Å². The average molecular weight is 572 g/mol. The molecule has 41 heavy (non-hydrogen) atoms. The number of hydrogen-bond donors (Lipinski definition) is 0. The monoisotopic (exact) mass is 571 g/mol. The lowest BCUT2D eigenvalue weighted by Gasteiger charge is -2.37. The molecule has 0 aliphatic carbocycles. The van der Waals surface area contributed by atoms with Crippen LogP contribution in [0.3, 0.4) is 0 Å². The highest BCUT2D eigenvalue weighted by Gasteiger charge is 2.34. The molecule has 0 unspecified atom stereocenters. The van der Waals surface area contributed by atoms with Crippen molar-refractivity contribution in [2.24, 2.45) is 0 Å². The van der Waals surface area contributed by atoms with E-state index in [0.717, 1.165) is 22.6 Å². The highest BCUT2D eigenvalue weighted by Crippen LogP contribution is 2.29. The van der Waals surface area contributed by atoms with Crippen molar-refractivity contribution in [3.8, 4) is 17.0 Å². The van der Waals surface area contributed by atoms with Gasteiger partial charge in [0.2, 0.25) is 15.9 Å². The molecule has 1 aliphatic heterocycles. The van der Waals surface area contributed by atoms with Crippen molar-refractivity contribution in [1.29, 1.82) is 0 Å². The summed E-state index contributed by atoms with van der Waals surface area (Å²) in [6.07, 6.45) is 0. The number of methoxy groups -OCH3 is 1. The van der Waals surface area contributed by atoms with E-state index < -0.39 is 16.1 Å². The summed E-state index contributed by atoms with van der Waals surface area (Å²) in [5, 5.41) is 8.79. The summed E-state index contributed by atoms with van der Waals surface area (Å²) in [5.41, 5.74) is 2.61. The number of carbonyl (C=O) groups is 1. The van der Waals surface area contributed by atoms with Gasteiger partial charge in [-0.2, -0.15) is 4.31 Å². The number of amides is 1. The zero-order valence-corrected chi connectivity index (χ0v) is 23.9. The largest absolute Gasteiger partial charge is 0.497 e. The van der Waals surface area contributed by atoms with Crippen LogP contribution in [0, 0.1) is 0 Å². The van der Waals surface area contributed by atoms with Crippen LogP contribution in [0.4, 0.5) is 5.82 Å². The van der Waals surface area contributed by atoms with Gasteiger partial charge in [0.1, 0.15) is 5.75 Å². The van der Waals surface area contributed by atoms with Crippen LogP contribution in [0.5, 0.6) is 5.75 Å². The molecule has 0 bridgehead atoms. The van der Waals surface area contributed by atoms with Gasteiger partial charge in [-0.25, -0.2) is 8.42 Å². The molecule has 1 amide bonds. The van der Waals surface area contributed by atoms with Crippen LogP contribution in [-0.2, 0) is 14.8 Å². The summed E-state index contributed by atoms with van der Waals surface area (Å²) in [5.74, 6) is 1.06. The zero-order valence-electron chi connectivity index (χ0n) is 23.1. The maximum absolute atomic E-state index is 13.8. The Morgan fingerprint density at radius 3 is 2.07 bits per heavy atom. The molecule has 9 nitrogen and oxygen atoms in total. The Balaban J connectivity index is 1.29. The number of aromatic nitrogens is 2. The Labute approximate surface area is 241 Å². The molecule has 2 heterocycles. The lowest BCUT2D eigenvalue weighted by Crippen LogP contribution is -2.52. The van der Waals surface area contributed by atoms with Gasteiger partial charge < -0.3 is 14.5 Å². The normalized spacial score (nSPS) is 14.6. The number of sulfonamides is 1. The van der Waals surface area contributed by atoms with Crippen LogP contribution in [0.15, 0.2) is 102 Å². The average Bonchev–Trinajstić information content (AvgIpc) is 3.04. The third kappa shape index (κ3) is 6.39. The first-order valence-corrected chi connectivity index (χ1v) is 14.9. The fourth-order valence-corrected chi connectivity index (χ4v) is 6.46. The first-order chi connectivity index (χ1) is 19.9. The van der Waals surface area contributed by atoms with Crippen LogP contribution in [0.2, 0.25) is 0 Å². The summed E-state index contributed by atoms with van der Waals surface area (Å²) in [6.45, 7) is 3.60. The van der Waals surface area contributed by atoms with Crippen molar-refractivity contribution in [3.63, 3.8) is 0 Å². The molecule has 0 N–H and O–H groups in total. The number of carbonyl (C=O) groups excluding carboxylic acids is 1. The smallest absolute Gasteiger partial charge is 0.244 e. The molecule has 1 atom stereocenters. The van der Waals surface area contributed by atoms with Crippen LogP contribution in [0.1, 0.15) is 18.5 Å². The molecule has 10 heteroatoms. The Hall–Kier alpha value is -4.28. The Bertz CT molecular complexity index is 1540. The van der Waals surface area contributed by atoms with Gasteiger partial charge in [-0.05, 0) is 48.9 Å². The van der Waals surface area contributed by atoms with E-state index in [1.807, 2.05) is 72.8 Å². The van der Waals surface area contributed by atoms with Gasteiger partial charge in [0, 0.05) is 37.8 Å². The summed E-state index contributed by atoms with van der Waals surface area (Å²) in [6, 6.07) is 28.8. The van der Waals surface area contributed by atoms with Gasteiger partial charge in [-0.3, -0.25) is 4.79 Å². The summed E-state index contributed by atoms with van der Waals surface area (Å²) < 4.78 is 34.1. The lowest BCUT2D eigenvalue weighted by atomic mass is 10.1. The van der Waals surface area contributed by atoms with Crippen molar-refractivity contribution < 1.29 is 17.9 Å². The first-order valence-electron chi connectivity index (χ1n) is 13.5. The van der Waals surface area contributed by atoms with Crippen molar-refractivity contribution in [3.05, 3.63) is 103 Å². The number of piperazine rings is 1. The van der Waals surface area contributed by atoms with E-state index in [0.29, 0.717) is 31.9 Å². The fourth-order valence-electron chi connectivity index (χ4n) is 4.89. The number of hydrogen-bond acceptors (Lipinski definition) is 7. The predicted octanol–water partition coefficient (Wildman–Crippen LogP) is 4.25. The quantitative estimate of drug-likeness (QED) is 0.296. The molecule has 0 radical (unpaired) electrons. The first kappa shape index (κ1) is 28.3. The highest BCUT2D eigenvalue weighted by atomic mass is 32.2. The van der Waals surface area contributed by atoms with Gasteiger partial charge in [0.25, 0.3) is 0 Å². The van der Waals surface area contributed by atoms with Crippen LogP contribution < -0.4 is 9.64 Å². The summed E-state index contributed by atoms with van der Waals surface area (Å²) >= 11 is 0. The van der Waals surface area contributed by atoms with Gasteiger partial charge in [-0.1, -0.05) is 60.7 Å². The van der Waals surface area contributed by atoms with E-state index in [1.54, 1.807) is 24.0 Å². The maximum atomic E-state index is 13.8. The second-order valence-electron chi connectivity index (χ2n) is 9.82. The molecular weight excluding hydrogens is 538 g/mol. The summed E-state index contributed by atoms with van der Waals surface area (Å²) in [4.78, 5) is 17.4. The second kappa shape index (κ2) is 12.5. The number of benzene rings is 3. The number of nitrogens with zero attached hydrogens (tertiary/aromatic N) is 5. The predicted molar refractivity (Wildman–Crippen MR) is 158 cm³/mol. The molecule has 3 aromatic carbocycles. The minimum absolute atomic E-state index is 0.108. The van der Waals surface area contributed by atoms with E-state index >= 15 is 0 Å². The van der Waals surface area contributed by atoms with E-state index in [-0.39, 0.29) is 17.3 Å². The fraction of sp³-hybridized carbons (Fsp3) is 0.258. The third-order valence-corrected chi connectivity index (χ3v) is 9.28. The minimum atomic E-state index is -3.99. The van der Waals surface area contributed by atoms with Crippen molar-refractivity contribution in [1.82, 2.24) is 19.4 Å². The van der Waals surface area contributed by atoms with Crippen molar-refractivity contribution in [2.45, 2.75) is 17.9 Å². The third-order valence-electron chi connectivity index (χ3n) is 7.35. The van der Waals surface area contributed by atoms with Gasteiger partial charge >= 0.3 is 0 Å². The molecule has 0 spiro atoms. The molecule has 1 saturated heterocycles. The Kier molecular flexibility index (Phi) is 8.61. The highest BCUT2D eigenvalue weighted by molar-refractivity contribution is 7.89. The van der Waals surface area contributed by atoms with E-state index in [2.05, 4.69) is 15.1 Å². The second-order valence-corrected chi connectivity index (χ2v) is 11.7. The minimum Gasteiger partial charge on any atom is -0.497 e. The number of ether oxygens (including phenoxy) is 1. The SMILES string of the molecule is COc1ccc(S(=O)(=O)N(CC(=O)N2CCN(c3ccc(-c4ccccc4)nn3)CC2)[C@H](C)c2ccccc2)cc1. The molecular formula is C31H33N5O4S. The molecule has 4 aromatic rings. The maximum Gasteiger partial charge on any atom is 0.244 e. The van der Waals surface area contributed by atoms with Gasteiger partial charge in [0.05, 0.1) is 24.2 Å². The Morgan fingerprint density at radius 2 is 1.49 bits per heavy atom. The molecule has 1 aliphatic rings. The van der Waals surface area contributed by atoms with Crippen LogP contribution in [-0.4, -0.2) is 73.6 Å². The van der Waals surface area contributed by atoms with E-state index in [1.165, 1.54) is 23.5 Å². The summed E-state index contributed by atoms with van der Waals surface area (Å²) in [7, 11) is -2.46.